The minimum atomic E-state index is -0.610. The van der Waals surface area contributed by atoms with E-state index in [0.717, 1.165) is 5.39 Å². The van der Waals surface area contributed by atoms with Crippen molar-refractivity contribution in [3.63, 3.8) is 0 Å². The van der Waals surface area contributed by atoms with Crippen LogP contribution in [0.3, 0.4) is 0 Å². The van der Waals surface area contributed by atoms with Crippen LogP contribution in [-0.2, 0) is 0 Å². The molecule has 3 aromatic heterocycles. The molecule has 0 unspecified atom stereocenters. The van der Waals surface area contributed by atoms with E-state index < -0.39 is 11.4 Å². The van der Waals surface area contributed by atoms with Crippen LogP contribution in [-0.4, -0.2) is 24.6 Å². The number of hydrogen-bond donors (Lipinski definition) is 3. The van der Waals surface area contributed by atoms with Gasteiger partial charge in [0.05, 0.1) is 22.6 Å². The average Bonchev–Trinajstić information content (AvgIpc) is 3.30. The van der Waals surface area contributed by atoms with Crippen molar-refractivity contribution >= 4 is 33.4 Å². The molecule has 0 aliphatic carbocycles. The van der Waals surface area contributed by atoms with Crippen LogP contribution >= 0.6 is 0 Å². The van der Waals surface area contributed by atoms with E-state index >= 15 is 0 Å². The van der Waals surface area contributed by atoms with Crippen molar-refractivity contribution in [3.8, 4) is 0 Å². The molecule has 0 radical (unpaired) electrons. The second-order valence-electron chi connectivity index (χ2n) is 7.29. The van der Waals surface area contributed by atoms with Crippen molar-refractivity contribution in [1.82, 2.24) is 24.6 Å². The highest BCUT2D eigenvalue weighted by Gasteiger charge is 2.22. The molecule has 0 bridgehead atoms. The number of fused-ring (bicyclic) bond motifs is 2. The van der Waals surface area contributed by atoms with Crippen LogP contribution in [0.15, 0.2) is 71.9 Å². The average molecular weight is 429 g/mol. The summed E-state index contributed by atoms with van der Waals surface area (Å²) in [5, 5.41) is 4.14. The summed E-state index contributed by atoms with van der Waals surface area (Å²) in [6.45, 7) is 1.97. The molecule has 1 atom stereocenters. The lowest BCUT2D eigenvalue weighted by molar-refractivity contribution is 0.622. The Morgan fingerprint density at radius 3 is 2.75 bits per heavy atom. The fourth-order valence-electron chi connectivity index (χ4n) is 3.69. The number of rotatable bonds is 6. The molecule has 5 aromatic rings. The smallest absolute Gasteiger partial charge is 0.283 e. The highest BCUT2D eigenvalue weighted by Crippen LogP contribution is 2.26. The van der Waals surface area contributed by atoms with Gasteiger partial charge in [-0.05, 0) is 36.8 Å². The molecule has 0 fully saturated rings. The fraction of sp³-hybridized carbons (Fsp3) is 0.130. The van der Waals surface area contributed by atoms with E-state index in [0.29, 0.717) is 34.9 Å². The maximum Gasteiger partial charge on any atom is 0.283 e. The van der Waals surface area contributed by atoms with Crippen LogP contribution in [0.2, 0.25) is 0 Å². The normalized spacial score (nSPS) is 12.2. The van der Waals surface area contributed by atoms with Crippen molar-refractivity contribution in [2.45, 2.75) is 19.4 Å². The molecule has 0 aliphatic rings. The molecule has 3 heterocycles. The van der Waals surface area contributed by atoms with Crippen LogP contribution < -0.4 is 16.3 Å². The third kappa shape index (κ3) is 3.43. The largest absolute Gasteiger partial charge is 0.359 e. The van der Waals surface area contributed by atoms with Crippen molar-refractivity contribution < 1.29 is 4.39 Å². The second-order valence-corrected chi connectivity index (χ2v) is 7.29. The number of anilines is 2. The van der Waals surface area contributed by atoms with Crippen molar-refractivity contribution in [3.05, 3.63) is 89.1 Å². The zero-order valence-corrected chi connectivity index (χ0v) is 17.2. The molecule has 8 nitrogen and oxygen atoms in total. The van der Waals surface area contributed by atoms with Crippen LogP contribution in [0.5, 0.6) is 0 Å². The first kappa shape index (κ1) is 19.7. The number of benzene rings is 2. The third-order valence-corrected chi connectivity index (χ3v) is 5.27. The van der Waals surface area contributed by atoms with Crippen molar-refractivity contribution in [1.29, 1.82) is 0 Å². The van der Waals surface area contributed by atoms with Crippen molar-refractivity contribution in [2.75, 3.05) is 10.7 Å². The molecular weight excluding hydrogens is 409 g/mol. The number of aromatic nitrogens is 5. The summed E-state index contributed by atoms with van der Waals surface area (Å²) in [4.78, 5) is 29.7. The first-order valence-electron chi connectivity index (χ1n) is 10.2. The SMILES string of the molecule is CC[C@H](Nc1ncnc2[nH]ccc12)c1nc2cccc(F)c2c(=O)n1Nc1ccccc1. The lowest BCUT2D eigenvalue weighted by Gasteiger charge is -2.23. The Kier molecular flexibility index (Phi) is 4.98. The Labute approximate surface area is 182 Å². The number of hydrogen-bond acceptors (Lipinski definition) is 6. The van der Waals surface area contributed by atoms with E-state index in [9.17, 15) is 9.18 Å². The monoisotopic (exact) mass is 429 g/mol. The molecule has 0 amide bonds. The van der Waals surface area contributed by atoms with E-state index in [-0.39, 0.29) is 11.4 Å². The van der Waals surface area contributed by atoms with Crippen molar-refractivity contribution in [2.24, 2.45) is 0 Å². The summed E-state index contributed by atoms with van der Waals surface area (Å²) in [7, 11) is 0. The molecular formula is C23H20FN7O. The molecule has 2 aromatic carbocycles. The summed E-state index contributed by atoms with van der Waals surface area (Å²) in [5.74, 6) is 0.422. The first-order valence-corrected chi connectivity index (χ1v) is 10.2. The lowest BCUT2D eigenvalue weighted by atomic mass is 10.1. The van der Waals surface area contributed by atoms with Gasteiger partial charge in [0.2, 0.25) is 0 Å². The van der Waals surface area contributed by atoms with Crippen LogP contribution in [0.4, 0.5) is 15.9 Å². The van der Waals surface area contributed by atoms with Gasteiger partial charge in [-0.3, -0.25) is 10.2 Å². The van der Waals surface area contributed by atoms with Crippen LogP contribution in [0.25, 0.3) is 21.9 Å². The highest BCUT2D eigenvalue weighted by atomic mass is 19.1. The molecule has 0 spiro atoms. The van der Waals surface area contributed by atoms with Gasteiger partial charge in [-0.1, -0.05) is 31.2 Å². The van der Waals surface area contributed by atoms with E-state index in [1.54, 1.807) is 18.3 Å². The predicted molar refractivity (Wildman–Crippen MR) is 122 cm³/mol. The van der Waals surface area contributed by atoms with Gasteiger partial charge in [-0.2, -0.15) is 0 Å². The van der Waals surface area contributed by atoms with Crippen LogP contribution in [0.1, 0.15) is 25.2 Å². The Hall–Kier alpha value is -4.27. The summed E-state index contributed by atoms with van der Waals surface area (Å²) in [6, 6.07) is 15.2. The van der Waals surface area contributed by atoms with E-state index in [4.69, 9.17) is 0 Å². The number of halogens is 1. The predicted octanol–water partition coefficient (Wildman–Crippen LogP) is 4.25. The molecule has 5 rings (SSSR count). The number of para-hydroxylation sites is 1. The first-order chi connectivity index (χ1) is 15.7. The topological polar surface area (TPSA) is 101 Å². The van der Waals surface area contributed by atoms with Gasteiger partial charge in [0, 0.05) is 6.20 Å². The van der Waals surface area contributed by atoms with Gasteiger partial charge < -0.3 is 10.3 Å². The summed E-state index contributed by atoms with van der Waals surface area (Å²) in [6.07, 6.45) is 3.85. The van der Waals surface area contributed by atoms with E-state index in [2.05, 4.69) is 30.7 Å². The maximum absolute atomic E-state index is 14.5. The summed E-state index contributed by atoms with van der Waals surface area (Å²) < 4.78 is 15.9. The number of aromatic amines is 1. The Bertz CT molecular complexity index is 1460. The minimum Gasteiger partial charge on any atom is -0.359 e. The van der Waals surface area contributed by atoms with E-state index in [1.165, 1.54) is 17.1 Å². The third-order valence-electron chi connectivity index (χ3n) is 5.27. The Balaban J connectivity index is 1.67. The molecule has 3 N–H and O–H groups in total. The zero-order valence-electron chi connectivity index (χ0n) is 17.2. The number of nitrogens with zero attached hydrogens (tertiary/aromatic N) is 4. The lowest BCUT2D eigenvalue weighted by Crippen LogP contribution is -2.34. The highest BCUT2D eigenvalue weighted by molar-refractivity contribution is 5.86. The summed E-state index contributed by atoms with van der Waals surface area (Å²) >= 11 is 0. The standard InChI is InChI=1S/C23H20FN7O/c1-2-17(28-21-15-11-12-25-20(15)26-13-27-21)22-29-18-10-6-9-16(24)19(18)23(32)31(22)30-14-7-4-3-5-8-14/h3-13,17,30H,2H2,1H3,(H2,25,26,27,28)/t17-/m0/s1. The molecule has 32 heavy (non-hydrogen) atoms. The maximum atomic E-state index is 14.5. The molecule has 9 heteroatoms. The minimum absolute atomic E-state index is 0.0652. The van der Waals surface area contributed by atoms with Crippen LogP contribution in [0, 0.1) is 5.82 Å². The number of nitrogens with one attached hydrogen (secondary N) is 3. The Morgan fingerprint density at radius 1 is 1.09 bits per heavy atom. The molecule has 160 valence electrons. The zero-order chi connectivity index (χ0) is 22.1. The molecule has 0 saturated heterocycles. The van der Waals surface area contributed by atoms with Gasteiger partial charge in [0.25, 0.3) is 5.56 Å². The number of H-pyrrole nitrogens is 1. The van der Waals surface area contributed by atoms with E-state index in [1.807, 2.05) is 43.3 Å². The molecule has 0 aliphatic heterocycles. The quantitative estimate of drug-likeness (QED) is 0.373. The van der Waals surface area contributed by atoms with Gasteiger partial charge in [-0.25, -0.2) is 24.0 Å². The molecule has 0 saturated carbocycles. The van der Waals surface area contributed by atoms with Gasteiger partial charge >= 0.3 is 0 Å². The van der Waals surface area contributed by atoms with Gasteiger partial charge in [0.15, 0.2) is 5.82 Å². The summed E-state index contributed by atoms with van der Waals surface area (Å²) in [5.41, 5.74) is 4.25. The van der Waals surface area contributed by atoms with Gasteiger partial charge in [-0.15, -0.1) is 0 Å². The fourth-order valence-corrected chi connectivity index (χ4v) is 3.69. The second kappa shape index (κ2) is 8.10. The Morgan fingerprint density at radius 2 is 1.94 bits per heavy atom. The van der Waals surface area contributed by atoms with Gasteiger partial charge in [0.1, 0.15) is 29.0 Å².